The second-order valence-corrected chi connectivity index (χ2v) is 9.12. The number of carbonyl (C=O) groups is 1. The summed E-state index contributed by atoms with van der Waals surface area (Å²) < 4.78 is 1.84. The molecule has 9 nitrogen and oxygen atoms in total. The molecule has 158 valence electrons. The molecule has 0 spiro atoms. The lowest BCUT2D eigenvalue weighted by molar-refractivity contribution is 0.0987. The van der Waals surface area contributed by atoms with Gasteiger partial charge in [-0.2, -0.15) is 0 Å². The van der Waals surface area contributed by atoms with Crippen LogP contribution in [0, 0.1) is 6.92 Å². The fraction of sp³-hybridized carbons (Fsp3) is 0.381. The molecule has 0 aromatic carbocycles. The highest BCUT2D eigenvalue weighted by molar-refractivity contribution is 7.14. The number of rotatable bonds is 5. The minimum Gasteiger partial charge on any atom is -0.306 e. The maximum Gasteiger partial charge on any atom is 0.190 e. The second kappa shape index (κ2) is 8.20. The van der Waals surface area contributed by atoms with Gasteiger partial charge in [0.05, 0.1) is 30.4 Å². The number of fused-ring (bicyclic) bond motifs is 1. The average Bonchev–Trinajstić information content (AvgIpc) is 3.43. The van der Waals surface area contributed by atoms with Gasteiger partial charge in [-0.05, 0) is 52.0 Å². The van der Waals surface area contributed by atoms with Gasteiger partial charge in [0.15, 0.2) is 5.78 Å². The number of aryl methyl sites for hydroxylation is 1. The normalized spacial score (nSPS) is 15.5. The van der Waals surface area contributed by atoms with Gasteiger partial charge in [-0.3, -0.25) is 14.8 Å². The summed E-state index contributed by atoms with van der Waals surface area (Å²) in [5.41, 5.74) is 2.74. The summed E-state index contributed by atoms with van der Waals surface area (Å²) in [5.74, 6) is -0.0881. The number of piperidine rings is 1. The fourth-order valence-corrected chi connectivity index (χ4v) is 4.47. The fourth-order valence-electron chi connectivity index (χ4n) is 3.80. The number of nitrogens with zero attached hydrogens (tertiary/aromatic N) is 8. The number of Topliss-reactive ketones (excluding diaryl/α,β-unsaturated/α-hetero) is 1. The van der Waals surface area contributed by atoms with Crippen LogP contribution in [0.1, 0.15) is 40.1 Å². The first kappa shape index (κ1) is 19.8. The molecule has 0 radical (unpaired) electrons. The largest absolute Gasteiger partial charge is 0.306 e. The lowest BCUT2D eigenvalue weighted by Crippen LogP contribution is -2.31. The molecule has 1 aliphatic heterocycles. The van der Waals surface area contributed by atoms with E-state index in [-0.39, 0.29) is 12.2 Å². The molecular weight excluding hydrogens is 412 g/mol. The summed E-state index contributed by atoms with van der Waals surface area (Å²) in [6.45, 7) is 3.98. The molecule has 0 aliphatic carbocycles. The third-order valence-corrected chi connectivity index (χ3v) is 6.48. The zero-order chi connectivity index (χ0) is 21.4. The van der Waals surface area contributed by atoms with E-state index in [1.807, 2.05) is 23.7 Å². The van der Waals surface area contributed by atoms with Gasteiger partial charge >= 0.3 is 0 Å². The zero-order valence-corrected chi connectivity index (χ0v) is 18.2. The molecule has 4 aromatic rings. The predicted octanol–water partition coefficient (Wildman–Crippen LogP) is 2.74. The summed E-state index contributed by atoms with van der Waals surface area (Å²) in [4.78, 5) is 24.0. The van der Waals surface area contributed by atoms with E-state index in [0.717, 1.165) is 52.4 Å². The number of hydrogen-bond donors (Lipinski definition) is 0. The molecule has 10 heteroatoms. The van der Waals surface area contributed by atoms with Gasteiger partial charge in [0, 0.05) is 22.8 Å². The van der Waals surface area contributed by atoms with E-state index in [0.29, 0.717) is 17.4 Å². The lowest BCUT2D eigenvalue weighted by atomic mass is 10.1. The molecule has 1 saturated heterocycles. The van der Waals surface area contributed by atoms with E-state index >= 15 is 0 Å². The van der Waals surface area contributed by atoms with Gasteiger partial charge in [0.1, 0.15) is 15.7 Å². The van der Waals surface area contributed by atoms with Crippen molar-refractivity contribution in [2.75, 3.05) is 20.1 Å². The van der Waals surface area contributed by atoms with Crippen LogP contribution in [-0.4, -0.2) is 66.0 Å². The standard InChI is InChI=1S/C21H22N8OS/c1-13-24-26-21(31-13)15-7-14-8-16(22-11-18(14)23-10-15)9-20(30)19-12-29(27-25-19)17-3-5-28(2)6-4-17/h7-8,10-12,17H,3-6,9H2,1-2H3. The molecule has 5 heterocycles. The van der Waals surface area contributed by atoms with Crippen LogP contribution in [0.3, 0.4) is 0 Å². The summed E-state index contributed by atoms with van der Waals surface area (Å²) in [5, 5.41) is 19.2. The molecule has 0 N–H and O–H groups in total. The zero-order valence-electron chi connectivity index (χ0n) is 17.4. The molecule has 4 aromatic heterocycles. The van der Waals surface area contributed by atoms with Crippen LogP contribution in [-0.2, 0) is 6.42 Å². The van der Waals surface area contributed by atoms with Crippen molar-refractivity contribution in [3.63, 3.8) is 0 Å². The molecule has 1 aliphatic rings. The Labute approximate surface area is 183 Å². The Morgan fingerprint density at radius 1 is 1.13 bits per heavy atom. The van der Waals surface area contributed by atoms with Gasteiger partial charge < -0.3 is 4.90 Å². The Balaban J connectivity index is 1.33. The maximum atomic E-state index is 12.8. The third kappa shape index (κ3) is 4.21. The Hall–Kier alpha value is -3.11. The number of carbonyl (C=O) groups excluding carboxylic acids is 1. The van der Waals surface area contributed by atoms with Crippen molar-refractivity contribution in [1.29, 1.82) is 0 Å². The molecule has 0 amide bonds. The first-order valence-corrected chi connectivity index (χ1v) is 11.1. The highest BCUT2D eigenvalue weighted by Crippen LogP contribution is 2.26. The number of aromatic nitrogens is 7. The third-order valence-electron chi connectivity index (χ3n) is 5.60. The summed E-state index contributed by atoms with van der Waals surface area (Å²) in [6.07, 6.45) is 7.45. The Bertz CT molecular complexity index is 1240. The molecule has 0 atom stereocenters. The van der Waals surface area contributed by atoms with Gasteiger partial charge in [0.25, 0.3) is 0 Å². The van der Waals surface area contributed by atoms with Crippen molar-refractivity contribution < 1.29 is 4.79 Å². The van der Waals surface area contributed by atoms with Gasteiger partial charge in [-0.15, -0.1) is 15.3 Å². The van der Waals surface area contributed by atoms with E-state index in [1.165, 1.54) is 11.3 Å². The Morgan fingerprint density at radius 2 is 1.97 bits per heavy atom. The highest BCUT2D eigenvalue weighted by atomic mass is 32.1. The number of ketones is 1. The van der Waals surface area contributed by atoms with Gasteiger partial charge in [0.2, 0.25) is 0 Å². The van der Waals surface area contributed by atoms with Crippen LogP contribution in [0.25, 0.3) is 21.5 Å². The molecule has 0 bridgehead atoms. The first-order chi connectivity index (χ1) is 15.0. The van der Waals surface area contributed by atoms with E-state index < -0.39 is 0 Å². The van der Waals surface area contributed by atoms with Crippen LogP contribution in [0.5, 0.6) is 0 Å². The van der Waals surface area contributed by atoms with Crippen LogP contribution in [0.15, 0.2) is 30.7 Å². The smallest absolute Gasteiger partial charge is 0.190 e. The molecular formula is C21H22N8OS. The predicted molar refractivity (Wildman–Crippen MR) is 117 cm³/mol. The van der Waals surface area contributed by atoms with Crippen molar-refractivity contribution >= 4 is 28.0 Å². The SMILES string of the molecule is Cc1nnc(-c2cnc3cnc(CC(=O)c4cn(C5CCN(C)CC5)nn4)cc3c2)s1. The molecule has 0 unspecified atom stereocenters. The summed E-state index contributed by atoms with van der Waals surface area (Å²) in [6, 6.07) is 4.21. The number of pyridine rings is 2. The second-order valence-electron chi connectivity index (χ2n) is 7.94. The van der Waals surface area contributed by atoms with E-state index in [4.69, 9.17) is 0 Å². The topological polar surface area (TPSA) is 103 Å². The van der Waals surface area contributed by atoms with E-state index in [1.54, 1.807) is 18.6 Å². The van der Waals surface area contributed by atoms with Crippen molar-refractivity contribution in [3.05, 3.63) is 47.1 Å². The minimum atomic E-state index is -0.0881. The summed E-state index contributed by atoms with van der Waals surface area (Å²) >= 11 is 1.52. The highest BCUT2D eigenvalue weighted by Gasteiger charge is 2.21. The summed E-state index contributed by atoms with van der Waals surface area (Å²) in [7, 11) is 2.12. The van der Waals surface area contributed by atoms with E-state index in [2.05, 4.69) is 42.4 Å². The Morgan fingerprint density at radius 3 is 2.74 bits per heavy atom. The van der Waals surface area contributed by atoms with E-state index in [9.17, 15) is 4.79 Å². The minimum absolute atomic E-state index is 0.0881. The van der Waals surface area contributed by atoms with Crippen molar-refractivity contribution in [2.45, 2.75) is 32.2 Å². The van der Waals surface area contributed by atoms with Crippen molar-refractivity contribution in [1.82, 2.24) is 40.1 Å². The van der Waals surface area contributed by atoms with Gasteiger partial charge in [-0.1, -0.05) is 16.6 Å². The van der Waals surface area contributed by atoms with Crippen LogP contribution in [0.2, 0.25) is 0 Å². The number of hydrogen-bond acceptors (Lipinski definition) is 9. The quantitative estimate of drug-likeness (QED) is 0.442. The molecule has 1 fully saturated rings. The average molecular weight is 435 g/mol. The number of likely N-dealkylation sites (tertiary alicyclic amines) is 1. The first-order valence-electron chi connectivity index (χ1n) is 10.2. The Kier molecular flexibility index (Phi) is 5.24. The van der Waals surface area contributed by atoms with Crippen LogP contribution in [0.4, 0.5) is 0 Å². The lowest BCUT2D eigenvalue weighted by Gasteiger charge is -2.28. The van der Waals surface area contributed by atoms with Crippen molar-refractivity contribution in [2.24, 2.45) is 0 Å². The monoisotopic (exact) mass is 434 g/mol. The van der Waals surface area contributed by atoms with Crippen LogP contribution >= 0.6 is 11.3 Å². The molecule has 5 rings (SSSR count). The molecule has 31 heavy (non-hydrogen) atoms. The maximum absolute atomic E-state index is 12.8. The van der Waals surface area contributed by atoms with Crippen molar-refractivity contribution in [3.8, 4) is 10.6 Å². The van der Waals surface area contributed by atoms with Gasteiger partial charge in [-0.25, -0.2) is 4.68 Å². The van der Waals surface area contributed by atoms with Crippen LogP contribution < -0.4 is 0 Å². The molecule has 0 saturated carbocycles.